The van der Waals surface area contributed by atoms with E-state index in [0.717, 1.165) is 16.7 Å². The van der Waals surface area contributed by atoms with E-state index in [1.54, 1.807) is 36.4 Å². The standard InChI is InChI=1S/C26H26N2O4S/c1-17-7-6-10-23(18(17)2)28-26(30)22(19-8-4-3-5-9-19)16-33(31,32)21-12-13-24-20(15-21)11-14-25(29)27-24/h3-10,12-13,15,22H,11,14,16H2,1-2H3,(H,27,29)(H,28,30). The molecule has 0 saturated carbocycles. The lowest BCUT2D eigenvalue weighted by Crippen LogP contribution is -2.28. The summed E-state index contributed by atoms with van der Waals surface area (Å²) in [4.78, 5) is 25.1. The molecule has 7 heteroatoms. The highest BCUT2D eigenvalue weighted by molar-refractivity contribution is 7.91. The maximum absolute atomic E-state index is 13.4. The number of fused-ring (bicyclic) bond motifs is 1. The van der Waals surface area contributed by atoms with E-state index in [2.05, 4.69) is 10.6 Å². The minimum Gasteiger partial charge on any atom is -0.326 e. The topological polar surface area (TPSA) is 92.3 Å². The Balaban J connectivity index is 1.65. The zero-order valence-corrected chi connectivity index (χ0v) is 19.4. The van der Waals surface area contributed by atoms with E-state index < -0.39 is 15.8 Å². The fourth-order valence-electron chi connectivity index (χ4n) is 3.98. The number of anilines is 2. The molecule has 0 radical (unpaired) electrons. The van der Waals surface area contributed by atoms with Crippen LogP contribution in [0.1, 0.15) is 34.6 Å². The molecule has 0 spiro atoms. The summed E-state index contributed by atoms with van der Waals surface area (Å²) in [6, 6.07) is 19.3. The molecule has 0 aromatic heterocycles. The molecular formula is C26H26N2O4S. The summed E-state index contributed by atoms with van der Waals surface area (Å²) >= 11 is 0. The van der Waals surface area contributed by atoms with Crippen LogP contribution in [0, 0.1) is 13.8 Å². The van der Waals surface area contributed by atoms with Gasteiger partial charge < -0.3 is 10.6 Å². The van der Waals surface area contributed by atoms with Crippen LogP contribution in [0.3, 0.4) is 0 Å². The van der Waals surface area contributed by atoms with Gasteiger partial charge in [-0.25, -0.2) is 8.42 Å². The lowest BCUT2D eigenvalue weighted by Gasteiger charge is -2.20. The number of hydrogen-bond acceptors (Lipinski definition) is 4. The molecule has 0 aliphatic carbocycles. The summed E-state index contributed by atoms with van der Waals surface area (Å²) in [6.07, 6.45) is 0.807. The minimum absolute atomic E-state index is 0.0784. The van der Waals surface area contributed by atoms with Crippen LogP contribution in [0.2, 0.25) is 0 Å². The third-order valence-corrected chi connectivity index (χ3v) is 7.84. The molecular weight excluding hydrogens is 436 g/mol. The first kappa shape index (κ1) is 22.7. The van der Waals surface area contributed by atoms with Crippen molar-refractivity contribution in [3.63, 3.8) is 0 Å². The molecule has 3 aromatic rings. The number of aryl methyl sites for hydroxylation is 2. The SMILES string of the molecule is Cc1cccc(NC(=O)C(CS(=O)(=O)c2ccc3c(c2)CCC(=O)N3)c2ccccc2)c1C. The molecule has 33 heavy (non-hydrogen) atoms. The Bertz CT molecular complexity index is 1320. The van der Waals surface area contributed by atoms with Gasteiger partial charge in [-0.15, -0.1) is 0 Å². The van der Waals surface area contributed by atoms with Gasteiger partial charge in [0, 0.05) is 17.8 Å². The molecule has 6 nitrogen and oxygen atoms in total. The van der Waals surface area contributed by atoms with Crippen molar-refractivity contribution in [2.75, 3.05) is 16.4 Å². The lowest BCUT2D eigenvalue weighted by molar-refractivity contribution is -0.117. The number of rotatable bonds is 6. The molecule has 1 heterocycles. The van der Waals surface area contributed by atoms with Gasteiger partial charge in [-0.05, 0) is 66.8 Å². The van der Waals surface area contributed by atoms with Gasteiger partial charge in [0.05, 0.1) is 16.6 Å². The van der Waals surface area contributed by atoms with Gasteiger partial charge in [0.15, 0.2) is 9.84 Å². The Kier molecular flexibility index (Phi) is 6.33. The highest BCUT2D eigenvalue weighted by Gasteiger charge is 2.29. The molecule has 2 amide bonds. The second-order valence-electron chi connectivity index (χ2n) is 8.35. The number of benzene rings is 3. The number of sulfone groups is 1. The van der Waals surface area contributed by atoms with Crippen LogP contribution in [-0.2, 0) is 25.8 Å². The molecule has 0 bridgehead atoms. The van der Waals surface area contributed by atoms with Crippen LogP contribution in [-0.4, -0.2) is 26.0 Å². The first-order valence-electron chi connectivity index (χ1n) is 10.8. The van der Waals surface area contributed by atoms with E-state index in [1.807, 2.05) is 38.1 Å². The molecule has 170 valence electrons. The predicted molar refractivity (Wildman–Crippen MR) is 129 cm³/mol. The lowest BCUT2D eigenvalue weighted by atomic mass is 9.99. The summed E-state index contributed by atoms with van der Waals surface area (Å²) in [5.41, 5.74) is 4.70. The number of hydrogen-bond donors (Lipinski definition) is 2. The highest BCUT2D eigenvalue weighted by Crippen LogP contribution is 2.29. The molecule has 4 rings (SSSR count). The predicted octanol–water partition coefficient (Wildman–Crippen LogP) is 4.38. The molecule has 3 aromatic carbocycles. The fourth-order valence-corrected chi connectivity index (χ4v) is 5.56. The summed E-state index contributed by atoms with van der Waals surface area (Å²) in [5, 5.41) is 5.69. The van der Waals surface area contributed by atoms with Crippen LogP contribution in [0.5, 0.6) is 0 Å². The smallest absolute Gasteiger partial charge is 0.232 e. The number of nitrogens with one attached hydrogen (secondary N) is 2. The van der Waals surface area contributed by atoms with E-state index in [0.29, 0.717) is 29.8 Å². The molecule has 1 unspecified atom stereocenters. The van der Waals surface area contributed by atoms with Gasteiger partial charge in [0.2, 0.25) is 11.8 Å². The summed E-state index contributed by atoms with van der Waals surface area (Å²) in [5.74, 6) is -1.69. The van der Waals surface area contributed by atoms with E-state index >= 15 is 0 Å². The quantitative estimate of drug-likeness (QED) is 0.568. The third-order valence-electron chi connectivity index (χ3n) is 6.10. The fraction of sp³-hybridized carbons (Fsp3) is 0.231. The molecule has 1 atom stereocenters. The van der Waals surface area contributed by atoms with Crippen molar-refractivity contribution < 1.29 is 18.0 Å². The van der Waals surface area contributed by atoms with Gasteiger partial charge in [-0.3, -0.25) is 9.59 Å². The van der Waals surface area contributed by atoms with Gasteiger partial charge in [0.1, 0.15) is 0 Å². The number of carbonyl (C=O) groups is 2. The minimum atomic E-state index is -3.78. The van der Waals surface area contributed by atoms with E-state index in [9.17, 15) is 18.0 Å². The van der Waals surface area contributed by atoms with Crippen LogP contribution in [0.4, 0.5) is 11.4 Å². The summed E-state index contributed by atoms with van der Waals surface area (Å²) < 4.78 is 26.8. The average Bonchev–Trinajstić information content (AvgIpc) is 2.80. The average molecular weight is 463 g/mol. The van der Waals surface area contributed by atoms with Crippen LogP contribution < -0.4 is 10.6 Å². The Hall–Kier alpha value is -3.45. The Morgan fingerprint density at radius 2 is 1.76 bits per heavy atom. The van der Waals surface area contributed by atoms with Crippen molar-refractivity contribution >= 4 is 33.0 Å². The highest BCUT2D eigenvalue weighted by atomic mass is 32.2. The zero-order valence-electron chi connectivity index (χ0n) is 18.6. The van der Waals surface area contributed by atoms with Crippen molar-refractivity contribution in [1.82, 2.24) is 0 Å². The maximum Gasteiger partial charge on any atom is 0.232 e. The van der Waals surface area contributed by atoms with E-state index in [1.165, 1.54) is 6.07 Å². The molecule has 1 aliphatic heterocycles. The molecule has 0 saturated heterocycles. The van der Waals surface area contributed by atoms with Crippen LogP contribution in [0.15, 0.2) is 71.6 Å². The summed E-state index contributed by atoms with van der Waals surface area (Å²) in [6.45, 7) is 3.88. The normalized spacial score (nSPS) is 14.2. The van der Waals surface area contributed by atoms with E-state index in [4.69, 9.17) is 0 Å². The van der Waals surface area contributed by atoms with Gasteiger partial charge in [-0.2, -0.15) is 0 Å². The van der Waals surface area contributed by atoms with Gasteiger partial charge in [0.25, 0.3) is 0 Å². The largest absolute Gasteiger partial charge is 0.326 e. The third kappa shape index (κ3) is 4.98. The van der Waals surface area contributed by atoms with Gasteiger partial charge >= 0.3 is 0 Å². The van der Waals surface area contributed by atoms with E-state index in [-0.39, 0.29) is 22.5 Å². The monoisotopic (exact) mass is 462 g/mol. The Labute approximate surface area is 194 Å². The van der Waals surface area contributed by atoms with Crippen molar-refractivity contribution in [2.45, 2.75) is 37.5 Å². The Morgan fingerprint density at radius 1 is 1.00 bits per heavy atom. The maximum atomic E-state index is 13.4. The number of amides is 2. The Morgan fingerprint density at radius 3 is 2.52 bits per heavy atom. The van der Waals surface area contributed by atoms with Crippen molar-refractivity contribution in [3.8, 4) is 0 Å². The molecule has 1 aliphatic rings. The molecule has 0 fully saturated rings. The first-order chi connectivity index (χ1) is 15.7. The summed E-state index contributed by atoms with van der Waals surface area (Å²) in [7, 11) is -3.78. The number of carbonyl (C=O) groups excluding carboxylic acids is 2. The van der Waals surface area contributed by atoms with Crippen molar-refractivity contribution in [1.29, 1.82) is 0 Å². The molecule has 2 N–H and O–H groups in total. The van der Waals surface area contributed by atoms with Crippen LogP contribution in [0.25, 0.3) is 0 Å². The zero-order chi connectivity index (χ0) is 23.6. The second kappa shape index (κ2) is 9.19. The van der Waals surface area contributed by atoms with Crippen molar-refractivity contribution in [2.24, 2.45) is 0 Å². The second-order valence-corrected chi connectivity index (χ2v) is 10.4. The first-order valence-corrected chi connectivity index (χ1v) is 12.5. The van der Waals surface area contributed by atoms with Crippen LogP contribution >= 0.6 is 0 Å². The van der Waals surface area contributed by atoms with Gasteiger partial charge in [-0.1, -0.05) is 42.5 Å². The van der Waals surface area contributed by atoms with Crippen molar-refractivity contribution in [3.05, 3.63) is 89.0 Å².